The number of halogens is 1. The van der Waals surface area contributed by atoms with E-state index in [1.54, 1.807) is 0 Å². The lowest BCUT2D eigenvalue weighted by Crippen LogP contribution is -2.16. The summed E-state index contributed by atoms with van der Waals surface area (Å²) < 4.78 is 18.8. The highest BCUT2D eigenvalue weighted by atomic mass is 19.1. The Bertz CT molecular complexity index is 941. The molecule has 0 radical (unpaired) electrons. The number of carbonyl (C=O) groups excluding carboxylic acids is 3. The Morgan fingerprint density at radius 2 is 1.89 bits per heavy atom. The molecule has 0 bridgehead atoms. The Morgan fingerprint density at radius 1 is 1.19 bits per heavy atom. The number of hydrogen-bond acceptors (Lipinski definition) is 6. The van der Waals surface area contributed by atoms with E-state index >= 15 is 0 Å². The number of ketones is 1. The fourth-order valence-electron chi connectivity index (χ4n) is 2.30. The molecule has 140 valence electrons. The molecule has 27 heavy (non-hydrogen) atoms. The van der Waals surface area contributed by atoms with Crippen molar-refractivity contribution in [1.29, 1.82) is 0 Å². The number of nitro benzene ring substituents is 1. The number of esters is 1. The molecule has 1 N–H and O–H groups in total. The van der Waals surface area contributed by atoms with Crippen molar-refractivity contribution in [3.05, 3.63) is 69.0 Å². The average Bonchev–Trinajstić information content (AvgIpc) is 2.58. The van der Waals surface area contributed by atoms with E-state index in [0.29, 0.717) is 0 Å². The Hall–Kier alpha value is -3.62. The van der Waals surface area contributed by atoms with Crippen LogP contribution in [0.1, 0.15) is 33.2 Å². The molecule has 0 aromatic heterocycles. The van der Waals surface area contributed by atoms with Crippen molar-refractivity contribution in [2.24, 2.45) is 0 Å². The fourth-order valence-corrected chi connectivity index (χ4v) is 2.30. The number of hydrogen-bond donors (Lipinski definition) is 1. The minimum Gasteiger partial charge on any atom is -0.454 e. The van der Waals surface area contributed by atoms with Crippen LogP contribution in [0.2, 0.25) is 0 Å². The first-order valence-corrected chi connectivity index (χ1v) is 7.71. The molecular weight excluding hydrogens is 359 g/mol. The van der Waals surface area contributed by atoms with Gasteiger partial charge in [-0.05, 0) is 37.3 Å². The third-order valence-corrected chi connectivity index (χ3v) is 3.55. The second-order valence-corrected chi connectivity index (χ2v) is 5.63. The molecular formula is C18H15FN2O6. The van der Waals surface area contributed by atoms with Crippen LogP contribution in [0.15, 0.2) is 36.4 Å². The lowest BCUT2D eigenvalue weighted by Gasteiger charge is -2.08. The number of nitro groups is 1. The van der Waals surface area contributed by atoms with Gasteiger partial charge in [0, 0.05) is 24.2 Å². The van der Waals surface area contributed by atoms with Gasteiger partial charge in [-0.25, -0.2) is 9.18 Å². The maximum Gasteiger partial charge on any atom is 0.338 e. The topological polar surface area (TPSA) is 116 Å². The van der Waals surface area contributed by atoms with Gasteiger partial charge in [-0.3, -0.25) is 19.7 Å². The van der Waals surface area contributed by atoms with Gasteiger partial charge in [0.25, 0.3) is 5.69 Å². The predicted molar refractivity (Wildman–Crippen MR) is 93.2 cm³/mol. The van der Waals surface area contributed by atoms with Gasteiger partial charge in [0.05, 0.1) is 16.1 Å². The SMILES string of the molecule is CC(=O)Nc1ccc(C(=O)COC(=O)c2ccc([N+](=O)[O-])c(C)c2)c(F)c1. The summed E-state index contributed by atoms with van der Waals surface area (Å²) in [6.45, 7) is 2.02. The van der Waals surface area contributed by atoms with Gasteiger partial charge in [-0.15, -0.1) is 0 Å². The van der Waals surface area contributed by atoms with E-state index in [1.165, 1.54) is 38.1 Å². The number of nitrogens with zero attached hydrogens (tertiary/aromatic N) is 1. The van der Waals surface area contributed by atoms with Crippen molar-refractivity contribution in [2.75, 3.05) is 11.9 Å². The van der Waals surface area contributed by atoms with Gasteiger partial charge in [0.2, 0.25) is 11.7 Å². The Labute approximate surface area is 153 Å². The number of amides is 1. The molecule has 0 aliphatic heterocycles. The summed E-state index contributed by atoms with van der Waals surface area (Å²) in [7, 11) is 0. The van der Waals surface area contributed by atoms with Gasteiger partial charge in [0.1, 0.15) is 5.82 Å². The van der Waals surface area contributed by atoms with Crippen LogP contribution in [-0.4, -0.2) is 29.2 Å². The summed E-state index contributed by atoms with van der Waals surface area (Å²) in [6, 6.07) is 7.14. The molecule has 1 amide bonds. The van der Waals surface area contributed by atoms with Crippen LogP contribution in [-0.2, 0) is 9.53 Å². The molecule has 2 rings (SSSR count). The van der Waals surface area contributed by atoms with Crippen LogP contribution >= 0.6 is 0 Å². The van der Waals surface area contributed by atoms with Gasteiger partial charge in [0.15, 0.2) is 6.61 Å². The normalized spacial score (nSPS) is 10.2. The highest BCUT2D eigenvalue weighted by Crippen LogP contribution is 2.20. The smallest absolute Gasteiger partial charge is 0.338 e. The second kappa shape index (κ2) is 8.17. The van der Waals surface area contributed by atoms with Gasteiger partial charge in [-0.1, -0.05) is 0 Å². The first-order valence-electron chi connectivity index (χ1n) is 7.71. The monoisotopic (exact) mass is 374 g/mol. The summed E-state index contributed by atoms with van der Waals surface area (Å²) in [5.74, 6) is -2.89. The number of rotatable bonds is 6. The van der Waals surface area contributed by atoms with E-state index in [2.05, 4.69) is 5.32 Å². The predicted octanol–water partition coefficient (Wildman–Crippen LogP) is 3.04. The molecule has 0 fully saturated rings. The Balaban J connectivity index is 2.05. The van der Waals surface area contributed by atoms with Crippen molar-refractivity contribution in [1.82, 2.24) is 0 Å². The molecule has 0 spiro atoms. The molecule has 0 heterocycles. The number of ether oxygens (including phenoxy) is 1. The molecule has 0 saturated heterocycles. The molecule has 0 aliphatic carbocycles. The van der Waals surface area contributed by atoms with E-state index < -0.39 is 29.1 Å². The zero-order valence-electron chi connectivity index (χ0n) is 14.4. The number of nitrogens with one attached hydrogen (secondary N) is 1. The fraction of sp³-hybridized carbons (Fsp3) is 0.167. The van der Waals surface area contributed by atoms with E-state index in [9.17, 15) is 28.9 Å². The highest BCUT2D eigenvalue weighted by molar-refractivity contribution is 6.00. The largest absolute Gasteiger partial charge is 0.454 e. The Kier molecular flexibility index (Phi) is 5.96. The van der Waals surface area contributed by atoms with Crippen molar-refractivity contribution >= 4 is 29.0 Å². The standard InChI is InChI=1S/C18H15FN2O6/c1-10-7-12(3-6-16(10)21(25)26)18(24)27-9-17(23)14-5-4-13(8-15(14)19)20-11(2)22/h3-8H,9H2,1-2H3,(H,20,22). The third kappa shape index (κ3) is 4.94. The highest BCUT2D eigenvalue weighted by Gasteiger charge is 2.18. The number of aryl methyl sites for hydroxylation is 1. The van der Waals surface area contributed by atoms with Gasteiger partial charge >= 0.3 is 5.97 Å². The maximum absolute atomic E-state index is 14.0. The first kappa shape index (κ1) is 19.7. The second-order valence-electron chi connectivity index (χ2n) is 5.63. The molecule has 9 heteroatoms. The minimum absolute atomic E-state index is 0.0346. The van der Waals surface area contributed by atoms with E-state index in [4.69, 9.17) is 4.74 Å². The summed E-state index contributed by atoms with van der Waals surface area (Å²) in [4.78, 5) is 45.2. The molecule has 0 aliphatic rings. The zero-order chi connectivity index (χ0) is 20.1. The molecule has 0 atom stereocenters. The quantitative estimate of drug-likeness (QED) is 0.360. The van der Waals surface area contributed by atoms with Crippen LogP contribution in [0.5, 0.6) is 0 Å². The third-order valence-electron chi connectivity index (χ3n) is 3.55. The van der Waals surface area contributed by atoms with Crippen LogP contribution in [0.4, 0.5) is 15.8 Å². The van der Waals surface area contributed by atoms with Crippen LogP contribution in [0.3, 0.4) is 0 Å². The van der Waals surface area contributed by atoms with E-state index in [1.807, 2.05) is 0 Å². The minimum atomic E-state index is -0.867. The summed E-state index contributed by atoms with van der Waals surface area (Å²) in [6.07, 6.45) is 0. The zero-order valence-corrected chi connectivity index (χ0v) is 14.4. The molecule has 2 aromatic rings. The number of anilines is 1. The number of carbonyl (C=O) groups is 3. The molecule has 2 aromatic carbocycles. The molecule has 0 saturated carbocycles. The van der Waals surface area contributed by atoms with Crippen LogP contribution in [0.25, 0.3) is 0 Å². The number of Topliss-reactive ketones (excluding diaryl/α,β-unsaturated/α-hetero) is 1. The first-order chi connectivity index (χ1) is 12.7. The summed E-state index contributed by atoms with van der Waals surface area (Å²) in [5.41, 5.74) is 0.0448. The van der Waals surface area contributed by atoms with Gasteiger partial charge < -0.3 is 10.1 Å². The van der Waals surface area contributed by atoms with Crippen molar-refractivity contribution in [2.45, 2.75) is 13.8 Å². The summed E-state index contributed by atoms with van der Waals surface area (Å²) >= 11 is 0. The van der Waals surface area contributed by atoms with E-state index in [0.717, 1.165) is 12.1 Å². The Morgan fingerprint density at radius 3 is 2.44 bits per heavy atom. The van der Waals surface area contributed by atoms with Crippen molar-refractivity contribution < 1.29 is 28.4 Å². The van der Waals surface area contributed by atoms with Gasteiger partial charge in [-0.2, -0.15) is 0 Å². The maximum atomic E-state index is 14.0. The number of benzene rings is 2. The lowest BCUT2D eigenvalue weighted by atomic mass is 10.1. The van der Waals surface area contributed by atoms with E-state index in [-0.39, 0.29) is 34.0 Å². The van der Waals surface area contributed by atoms with Crippen LogP contribution in [0, 0.1) is 22.9 Å². The molecule has 8 nitrogen and oxygen atoms in total. The van der Waals surface area contributed by atoms with Crippen molar-refractivity contribution in [3.63, 3.8) is 0 Å². The molecule has 0 unspecified atom stereocenters. The average molecular weight is 374 g/mol. The lowest BCUT2D eigenvalue weighted by molar-refractivity contribution is -0.385. The van der Waals surface area contributed by atoms with Crippen molar-refractivity contribution in [3.8, 4) is 0 Å². The summed E-state index contributed by atoms with van der Waals surface area (Å²) in [5, 5.41) is 13.2. The van der Waals surface area contributed by atoms with Crippen LogP contribution < -0.4 is 5.32 Å².